The monoisotopic (exact) mass is 417 g/mol. The van der Waals surface area contributed by atoms with Crippen molar-refractivity contribution in [3.63, 3.8) is 0 Å². The lowest BCUT2D eigenvalue weighted by molar-refractivity contribution is -0.0236. The van der Waals surface area contributed by atoms with E-state index in [2.05, 4.69) is 53.7 Å². The summed E-state index contributed by atoms with van der Waals surface area (Å²) in [5.41, 5.74) is 1.96. The van der Waals surface area contributed by atoms with Gasteiger partial charge < -0.3 is 15.7 Å². The molecular weight excluding hydrogens is 389 g/mol. The average Bonchev–Trinajstić information content (AvgIpc) is 2.43. The van der Waals surface area contributed by atoms with E-state index in [4.69, 9.17) is 0 Å². The van der Waals surface area contributed by atoms with Crippen LogP contribution in [0.3, 0.4) is 0 Å². The highest BCUT2D eigenvalue weighted by atomic mass is 127. The van der Waals surface area contributed by atoms with Crippen LogP contribution in [0.4, 0.5) is 0 Å². The molecule has 0 aliphatic heterocycles. The SMILES string of the molecule is CCNC(=NCC1(O)CCC1)NC(C)c1ccccc1C.I. The van der Waals surface area contributed by atoms with E-state index in [1.165, 1.54) is 11.1 Å². The Balaban J connectivity index is 0.00000242. The van der Waals surface area contributed by atoms with Crippen LogP contribution < -0.4 is 10.6 Å². The Morgan fingerprint density at radius 2 is 2.05 bits per heavy atom. The number of rotatable bonds is 5. The average molecular weight is 417 g/mol. The highest BCUT2D eigenvalue weighted by Crippen LogP contribution is 2.31. The zero-order chi connectivity index (χ0) is 15.3. The molecule has 1 aromatic rings. The minimum atomic E-state index is -0.575. The van der Waals surface area contributed by atoms with Gasteiger partial charge in [-0.1, -0.05) is 24.3 Å². The fourth-order valence-electron chi connectivity index (χ4n) is 2.64. The largest absolute Gasteiger partial charge is 0.388 e. The van der Waals surface area contributed by atoms with Crippen LogP contribution in [0.1, 0.15) is 50.3 Å². The molecule has 1 saturated carbocycles. The summed E-state index contributed by atoms with van der Waals surface area (Å²) in [6.45, 7) is 7.59. The number of aryl methyl sites for hydroxylation is 1. The summed E-state index contributed by atoms with van der Waals surface area (Å²) in [6.07, 6.45) is 2.84. The Hall–Kier alpha value is -0.820. The normalized spacial score (nSPS) is 17.9. The summed E-state index contributed by atoms with van der Waals surface area (Å²) in [5.74, 6) is 0.772. The van der Waals surface area contributed by atoms with Gasteiger partial charge >= 0.3 is 0 Å². The maximum Gasteiger partial charge on any atom is 0.191 e. The van der Waals surface area contributed by atoms with Crippen LogP contribution in [-0.2, 0) is 0 Å². The lowest BCUT2D eigenvalue weighted by Gasteiger charge is -2.35. The van der Waals surface area contributed by atoms with Gasteiger partial charge in [0.25, 0.3) is 0 Å². The van der Waals surface area contributed by atoms with E-state index in [1.807, 2.05) is 6.92 Å². The molecular formula is C17H28IN3O. The van der Waals surface area contributed by atoms with Crippen LogP contribution in [0, 0.1) is 6.92 Å². The molecule has 0 heterocycles. The van der Waals surface area contributed by atoms with Gasteiger partial charge in [-0.2, -0.15) is 0 Å². The number of halogens is 1. The standard InChI is InChI=1S/C17H27N3O.HI/c1-4-18-16(19-12-17(21)10-7-11-17)20-14(3)15-9-6-5-8-13(15)2;/h5-6,8-9,14,21H,4,7,10-12H2,1-3H3,(H2,18,19,20);1H. The first kappa shape index (κ1) is 19.2. The molecule has 22 heavy (non-hydrogen) atoms. The van der Waals surface area contributed by atoms with Crippen LogP contribution >= 0.6 is 24.0 Å². The van der Waals surface area contributed by atoms with Crippen molar-refractivity contribution in [2.75, 3.05) is 13.1 Å². The Bertz CT molecular complexity index is 500. The number of hydrogen-bond acceptors (Lipinski definition) is 2. The van der Waals surface area contributed by atoms with Crippen LogP contribution in [0.2, 0.25) is 0 Å². The lowest BCUT2D eigenvalue weighted by atomic mass is 9.80. The molecule has 0 amide bonds. The van der Waals surface area contributed by atoms with Crippen molar-refractivity contribution in [2.24, 2.45) is 4.99 Å². The molecule has 1 aliphatic carbocycles. The molecule has 3 N–H and O–H groups in total. The maximum absolute atomic E-state index is 10.2. The Morgan fingerprint density at radius 1 is 1.36 bits per heavy atom. The molecule has 0 bridgehead atoms. The van der Waals surface area contributed by atoms with E-state index < -0.39 is 5.60 Å². The van der Waals surface area contributed by atoms with Crippen molar-refractivity contribution in [2.45, 2.75) is 51.7 Å². The summed E-state index contributed by atoms with van der Waals surface area (Å²) < 4.78 is 0. The van der Waals surface area contributed by atoms with Crippen LogP contribution in [-0.4, -0.2) is 29.8 Å². The molecule has 1 unspecified atom stereocenters. The predicted molar refractivity (Wildman–Crippen MR) is 103 cm³/mol. The number of nitrogens with zero attached hydrogens (tertiary/aromatic N) is 1. The molecule has 0 aromatic heterocycles. The minimum Gasteiger partial charge on any atom is -0.388 e. The quantitative estimate of drug-likeness (QED) is 0.392. The van der Waals surface area contributed by atoms with Crippen molar-refractivity contribution in [3.8, 4) is 0 Å². The van der Waals surface area contributed by atoms with Gasteiger partial charge in [-0.05, 0) is 51.2 Å². The van der Waals surface area contributed by atoms with Gasteiger partial charge in [0.15, 0.2) is 5.96 Å². The van der Waals surface area contributed by atoms with Gasteiger partial charge in [0.05, 0.1) is 18.2 Å². The molecule has 1 aromatic carbocycles. The number of aliphatic imine (C=N–C) groups is 1. The lowest BCUT2D eigenvalue weighted by Crippen LogP contribution is -2.43. The number of guanidine groups is 1. The van der Waals surface area contributed by atoms with Gasteiger partial charge in [0.2, 0.25) is 0 Å². The fourth-order valence-corrected chi connectivity index (χ4v) is 2.64. The summed E-state index contributed by atoms with van der Waals surface area (Å²) in [7, 11) is 0. The zero-order valence-electron chi connectivity index (χ0n) is 13.7. The van der Waals surface area contributed by atoms with Crippen molar-refractivity contribution in [3.05, 3.63) is 35.4 Å². The first-order valence-corrected chi connectivity index (χ1v) is 7.87. The molecule has 0 spiro atoms. The number of aliphatic hydroxyl groups is 1. The first-order valence-electron chi connectivity index (χ1n) is 7.87. The van der Waals surface area contributed by atoms with Crippen molar-refractivity contribution in [1.82, 2.24) is 10.6 Å². The molecule has 5 heteroatoms. The highest BCUT2D eigenvalue weighted by molar-refractivity contribution is 14.0. The minimum absolute atomic E-state index is 0. The van der Waals surface area contributed by atoms with Crippen LogP contribution in [0.15, 0.2) is 29.3 Å². The third kappa shape index (κ3) is 5.12. The maximum atomic E-state index is 10.2. The number of nitrogens with one attached hydrogen (secondary N) is 2. The van der Waals surface area contributed by atoms with E-state index >= 15 is 0 Å². The molecule has 1 aliphatic rings. The third-order valence-electron chi connectivity index (χ3n) is 4.17. The highest BCUT2D eigenvalue weighted by Gasteiger charge is 2.34. The summed E-state index contributed by atoms with van der Waals surface area (Å²) >= 11 is 0. The van der Waals surface area contributed by atoms with E-state index in [9.17, 15) is 5.11 Å². The Kier molecular flexibility index (Phi) is 7.62. The summed E-state index contributed by atoms with van der Waals surface area (Å²) in [6, 6.07) is 8.54. The summed E-state index contributed by atoms with van der Waals surface area (Å²) in [5, 5.41) is 16.8. The number of benzene rings is 1. The molecule has 124 valence electrons. The second-order valence-corrected chi connectivity index (χ2v) is 6.00. The van der Waals surface area contributed by atoms with Gasteiger partial charge in [-0.15, -0.1) is 24.0 Å². The molecule has 1 fully saturated rings. The van der Waals surface area contributed by atoms with Crippen molar-refractivity contribution >= 4 is 29.9 Å². The number of hydrogen-bond donors (Lipinski definition) is 3. The second-order valence-electron chi connectivity index (χ2n) is 6.00. The predicted octanol–water partition coefficient (Wildman–Crippen LogP) is 3.14. The molecule has 0 radical (unpaired) electrons. The summed E-state index contributed by atoms with van der Waals surface area (Å²) in [4.78, 5) is 4.55. The van der Waals surface area contributed by atoms with E-state index in [0.29, 0.717) is 6.54 Å². The first-order chi connectivity index (χ1) is 10.0. The Morgan fingerprint density at radius 3 is 2.59 bits per heavy atom. The van der Waals surface area contributed by atoms with Gasteiger partial charge in [0, 0.05) is 6.54 Å². The van der Waals surface area contributed by atoms with E-state index in [0.717, 1.165) is 31.8 Å². The topological polar surface area (TPSA) is 56.7 Å². The third-order valence-corrected chi connectivity index (χ3v) is 4.17. The smallest absolute Gasteiger partial charge is 0.191 e. The van der Waals surface area contributed by atoms with E-state index in [1.54, 1.807) is 0 Å². The Labute approximate surface area is 150 Å². The molecule has 1 atom stereocenters. The van der Waals surface area contributed by atoms with Gasteiger partial charge in [-0.25, -0.2) is 0 Å². The van der Waals surface area contributed by atoms with Crippen molar-refractivity contribution < 1.29 is 5.11 Å². The van der Waals surface area contributed by atoms with Crippen LogP contribution in [0.5, 0.6) is 0 Å². The fraction of sp³-hybridized carbons (Fsp3) is 0.588. The second kappa shape index (κ2) is 8.72. The van der Waals surface area contributed by atoms with E-state index in [-0.39, 0.29) is 30.0 Å². The van der Waals surface area contributed by atoms with Crippen LogP contribution in [0.25, 0.3) is 0 Å². The zero-order valence-corrected chi connectivity index (χ0v) is 16.1. The van der Waals surface area contributed by atoms with Gasteiger partial charge in [-0.3, -0.25) is 4.99 Å². The molecule has 0 saturated heterocycles. The molecule has 2 rings (SSSR count). The molecule has 4 nitrogen and oxygen atoms in total. The van der Waals surface area contributed by atoms with Gasteiger partial charge in [0.1, 0.15) is 0 Å². The van der Waals surface area contributed by atoms with Crippen molar-refractivity contribution in [1.29, 1.82) is 0 Å².